The van der Waals surface area contributed by atoms with Crippen molar-refractivity contribution < 1.29 is 9.90 Å². The van der Waals surface area contributed by atoms with Gasteiger partial charge < -0.3 is 10.8 Å². The molecule has 3 N–H and O–H groups in total. The van der Waals surface area contributed by atoms with Crippen LogP contribution < -0.4 is 5.73 Å². The van der Waals surface area contributed by atoms with Crippen LogP contribution in [0.5, 0.6) is 0 Å². The number of hydrogen-bond acceptors (Lipinski definition) is 3. The average molecular weight is 228 g/mol. The summed E-state index contributed by atoms with van der Waals surface area (Å²) in [6.07, 6.45) is 5.75. The monoisotopic (exact) mass is 228 g/mol. The van der Waals surface area contributed by atoms with Gasteiger partial charge in [0, 0.05) is 12.1 Å². The molecule has 1 aliphatic rings. The van der Waals surface area contributed by atoms with Crippen LogP contribution in [0, 0.1) is 0 Å². The van der Waals surface area contributed by atoms with E-state index in [1.807, 2.05) is 18.9 Å². The van der Waals surface area contributed by atoms with Crippen LogP contribution in [0.2, 0.25) is 0 Å². The lowest BCUT2D eigenvalue weighted by molar-refractivity contribution is -0.144. The zero-order valence-electron chi connectivity index (χ0n) is 10.4. The van der Waals surface area contributed by atoms with E-state index in [9.17, 15) is 9.90 Å². The van der Waals surface area contributed by atoms with Gasteiger partial charge in [0.15, 0.2) is 0 Å². The van der Waals surface area contributed by atoms with Crippen molar-refractivity contribution in [2.45, 2.75) is 63.6 Å². The van der Waals surface area contributed by atoms with E-state index in [4.69, 9.17) is 5.73 Å². The Labute approximate surface area is 97.8 Å². The minimum absolute atomic E-state index is 0.319. The molecule has 0 bridgehead atoms. The van der Waals surface area contributed by atoms with Gasteiger partial charge in [-0.25, -0.2) is 0 Å². The van der Waals surface area contributed by atoms with Gasteiger partial charge in [0.1, 0.15) is 6.04 Å². The number of aliphatic carboxylic acids is 1. The number of rotatable bonds is 5. The minimum atomic E-state index is -0.695. The van der Waals surface area contributed by atoms with Crippen LogP contribution in [0.25, 0.3) is 0 Å². The molecule has 0 aromatic carbocycles. The molecule has 0 aliphatic heterocycles. The van der Waals surface area contributed by atoms with Crippen LogP contribution in [-0.2, 0) is 4.79 Å². The number of likely N-dealkylation sites (N-methyl/N-ethyl adjacent to an activating group) is 1. The molecule has 0 spiro atoms. The topological polar surface area (TPSA) is 66.6 Å². The molecular formula is C12H24N2O2. The van der Waals surface area contributed by atoms with Crippen molar-refractivity contribution in [3.05, 3.63) is 0 Å². The Hall–Kier alpha value is -0.610. The van der Waals surface area contributed by atoms with Gasteiger partial charge in [0.25, 0.3) is 0 Å². The van der Waals surface area contributed by atoms with Gasteiger partial charge in [-0.3, -0.25) is 9.69 Å². The van der Waals surface area contributed by atoms with Gasteiger partial charge >= 0.3 is 5.97 Å². The van der Waals surface area contributed by atoms with Crippen molar-refractivity contribution in [2.24, 2.45) is 5.73 Å². The first kappa shape index (κ1) is 13.5. The van der Waals surface area contributed by atoms with E-state index in [2.05, 4.69) is 0 Å². The lowest BCUT2D eigenvalue weighted by Crippen LogP contribution is -2.47. The molecule has 0 amide bonds. The summed E-state index contributed by atoms with van der Waals surface area (Å²) in [5.41, 5.74) is 5.86. The SMILES string of the molecule is CCCC(C(=O)O)N(C)C1CCC(N)CC1. The molecule has 0 radical (unpaired) electrons. The molecule has 1 aliphatic carbocycles. The Balaban J connectivity index is 2.53. The Kier molecular flexibility index (Phi) is 5.22. The fraction of sp³-hybridized carbons (Fsp3) is 0.917. The van der Waals surface area contributed by atoms with Crippen molar-refractivity contribution in [1.29, 1.82) is 0 Å². The van der Waals surface area contributed by atoms with Crippen molar-refractivity contribution in [3.63, 3.8) is 0 Å². The Morgan fingerprint density at radius 2 is 2.00 bits per heavy atom. The molecule has 1 saturated carbocycles. The molecule has 1 rings (SSSR count). The van der Waals surface area contributed by atoms with Gasteiger partial charge in [-0.05, 0) is 39.2 Å². The third-order valence-electron chi connectivity index (χ3n) is 3.66. The summed E-state index contributed by atoms with van der Waals surface area (Å²) in [7, 11) is 1.94. The fourth-order valence-electron chi connectivity index (χ4n) is 2.54. The molecule has 0 saturated heterocycles. The van der Waals surface area contributed by atoms with E-state index in [-0.39, 0.29) is 6.04 Å². The number of hydrogen-bond donors (Lipinski definition) is 2. The van der Waals surface area contributed by atoms with Crippen LogP contribution >= 0.6 is 0 Å². The number of nitrogens with two attached hydrogens (primary N) is 1. The molecule has 0 aromatic heterocycles. The maximum Gasteiger partial charge on any atom is 0.320 e. The van der Waals surface area contributed by atoms with Gasteiger partial charge in [-0.1, -0.05) is 13.3 Å². The molecule has 16 heavy (non-hydrogen) atoms. The van der Waals surface area contributed by atoms with E-state index in [1.165, 1.54) is 0 Å². The highest BCUT2D eigenvalue weighted by Crippen LogP contribution is 2.23. The van der Waals surface area contributed by atoms with Crippen molar-refractivity contribution in [1.82, 2.24) is 4.90 Å². The summed E-state index contributed by atoms with van der Waals surface area (Å²) in [6, 6.07) is 0.385. The number of carboxylic acids is 1. The molecule has 1 atom stereocenters. The van der Waals surface area contributed by atoms with E-state index < -0.39 is 5.97 Å². The van der Waals surface area contributed by atoms with Crippen LogP contribution in [0.15, 0.2) is 0 Å². The largest absolute Gasteiger partial charge is 0.480 e. The summed E-state index contributed by atoms with van der Waals surface area (Å²) in [5.74, 6) is -0.695. The lowest BCUT2D eigenvalue weighted by Gasteiger charge is -2.36. The standard InChI is InChI=1S/C12H24N2O2/c1-3-4-11(12(15)16)14(2)10-7-5-9(13)6-8-10/h9-11H,3-8,13H2,1-2H3,(H,15,16). The highest BCUT2D eigenvalue weighted by Gasteiger charge is 2.29. The van der Waals surface area contributed by atoms with Crippen LogP contribution in [0.4, 0.5) is 0 Å². The van der Waals surface area contributed by atoms with E-state index in [0.29, 0.717) is 12.1 Å². The Bertz CT molecular complexity index is 225. The second-order valence-electron chi connectivity index (χ2n) is 4.88. The quantitative estimate of drug-likeness (QED) is 0.747. The second-order valence-corrected chi connectivity index (χ2v) is 4.88. The van der Waals surface area contributed by atoms with E-state index in [1.54, 1.807) is 0 Å². The second kappa shape index (κ2) is 6.21. The first-order valence-electron chi connectivity index (χ1n) is 6.26. The molecule has 0 heterocycles. The van der Waals surface area contributed by atoms with Gasteiger partial charge in [0.05, 0.1) is 0 Å². The zero-order valence-corrected chi connectivity index (χ0v) is 10.4. The first-order valence-corrected chi connectivity index (χ1v) is 6.26. The summed E-state index contributed by atoms with van der Waals surface area (Å²) in [4.78, 5) is 13.2. The maximum atomic E-state index is 11.2. The van der Waals surface area contributed by atoms with E-state index >= 15 is 0 Å². The highest BCUT2D eigenvalue weighted by molar-refractivity contribution is 5.73. The van der Waals surface area contributed by atoms with Crippen molar-refractivity contribution in [2.75, 3.05) is 7.05 Å². The summed E-state index contributed by atoms with van der Waals surface area (Å²) >= 11 is 0. The highest BCUT2D eigenvalue weighted by atomic mass is 16.4. The molecule has 0 aromatic rings. The van der Waals surface area contributed by atoms with Gasteiger partial charge in [0.2, 0.25) is 0 Å². The van der Waals surface area contributed by atoms with Crippen molar-refractivity contribution >= 4 is 5.97 Å². The Morgan fingerprint density at radius 3 is 2.44 bits per heavy atom. The predicted octanol–water partition coefficient (Wildman–Crippen LogP) is 1.44. The number of nitrogens with zero attached hydrogens (tertiary/aromatic N) is 1. The number of carboxylic acid groups (broad SMARTS) is 1. The molecule has 4 nitrogen and oxygen atoms in total. The summed E-state index contributed by atoms with van der Waals surface area (Å²) in [5, 5.41) is 9.19. The average Bonchev–Trinajstić information content (AvgIpc) is 2.25. The fourth-order valence-corrected chi connectivity index (χ4v) is 2.54. The Morgan fingerprint density at radius 1 is 1.44 bits per heavy atom. The van der Waals surface area contributed by atoms with Crippen LogP contribution in [0.3, 0.4) is 0 Å². The summed E-state index contributed by atoms with van der Waals surface area (Å²) < 4.78 is 0. The predicted molar refractivity (Wildman–Crippen MR) is 64.3 cm³/mol. The van der Waals surface area contributed by atoms with Gasteiger partial charge in [-0.2, -0.15) is 0 Å². The van der Waals surface area contributed by atoms with Crippen molar-refractivity contribution in [3.8, 4) is 0 Å². The van der Waals surface area contributed by atoms with Gasteiger partial charge in [-0.15, -0.1) is 0 Å². The van der Waals surface area contributed by atoms with Crippen LogP contribution in [-0.4, -0.2) is 41.1 Å². The molecule has 4 heteroatoms. The third kappa shape index (κ3) is 3.46. The molecule has 1 fully saturated rings. The summed E-state index contributed by atoms with van der Waals surface area (Å²) in [6.45, 7) is 2.03. The third-order valence-corrected chi connectivity index (χ3v) is 3.66. The van der Waals surface area contributed by atoms with Crippen LogP contribution in [0.1, 0.15) is 45.4 Å². The molecule has 1 unspecified atom stereocenters. The molecule has 94 valence electrons. The number of carbonyl (C=O) groups is 1. The minimum Gasteiger partial charge on any atom is -0.480 e. The first-order chi connectivity index (χ1) is 7.56. The molecular weight excluding hydrogens is 204 g/mol. The van der Waals surface area contributed by atoms with E-state index in [0.717, 1.165) is 38.5 Å². The normalized spacial score (nSPS) is 28.0. The lowest BCUT2D eigenvalue weighted by atomic mass is 9.90. The zero-order chi connectivity index (χ0) is 12.1. The smallest absolute Gasteiger partial charge is 0.320 e. The maximum absolute atomic E-state index is 11.2.